The van der Waals surface area contributed by atoms with Crippen LogP contribution >= 0.6 is 0 Å². The molecule has 1 aromatic heterocycles. The van der Waals surface area contributed by atoms with E-state index in [0.717, 1.165) is 66.4 Å². The van der Waals surface area contributed by atoms with Crippen LogP contribution in [0.15, 0.2) is 79.0 Å². The molecule has 2 aliphatic rings. The minimum atomic E-state index is 0.438. The number of piperazine rings is 1. The summed E-state index contributed by atoms with van der Waals surface area (Å²) in [5.74, 6) is 1.81. The van der Waals surface area contributed by atoms with Crippen LogP contribution in [0.25, 0.3) is 11.1 Å². The highest BCUT2D eigenvalue weighted by Gasteiger charge is 2.27. The first-order chi connectivity index (χ1) is 21.1. The number of nitrogens with one attached hydrogen (secondary N) is 2. The van der Waals surface area contributed by atoms with Crippen molar-refractivity contribution in [1.29, 1.82) is 0 Å². The lowest BCUT2D eigenvalue weighted by molar-refractivity contribution is 0.0982. The Labute approximate surface area is 253 Å². The van der Waals surface area contributed by atoms with E-state index in [9.17, 15) is 4.79 Å². The second kappa shape index (κ2) is 13.2. The summed E-state index contributed by atoms with van der Waals surface area (Å²) in [4.78, 5) is 28.4. The molecule has 9 nitrogen and oxygen atoms in total. The number of ether oxygens (including phenoxy) is 1. The maximum atomic E-state index is 11.4. The van der Waals surface area contributed by atoms with Gasteiger partial charge in [0.25, 0.3) is 0 Å². The van der Waals surface area contributed by atoms with Crippen LogP contribution < -0.4 is 20.3 Å². The minimum Gasteiger partial charge on any atom is -0.494 e. The van der Waals surface area contributed by atoms with Crippen molar-refractivity contribution in [3.05, 3.63) is 84.6 Å². The third-order valence-corrected chi connectivity index (χ3v) is 8.47. The number of aromatic nitrogens is 2. The number of nitrogens with zero attached hydrogens (tertiary/aromatic N) is 5. The summed E-state index contributed by atoms with van der Waals surface area (Å²) in [5, 5.41) is 6.78. The molecule has 0 saturated carbocycles. The van der Waals surface area contributed by atoms with Gasteiger partial charge in [-0.2, -0.15) is 4.98 Å². The highest BCUT2D eigenvalue weighted by atomic mass is 16.5. The zero-order chi connectivity index (χ0) is 29.6. The number of para-hydroxylation sites is 1. The smallest absolute Gasteiger partial charge is 0.229 e. The molecular weight excluding hydrogens is 538 g/mol. The molecule has 0 amide bonds. The highest BCUT2D eigenvalue weighted by molar-refractivity contribution is 5.83. The molecule has 3 aromatic carbocycles. The Hall–Kier alpha value is -4.47. The number of likely N-dealkylation sites (N-methyl/N-ethyl adjacent to an activating group) is 1. The number of benzene rings is 3. The van der Waals surface area contributed by atoms with Crippen molar-refractivity contribution in [2.24, 2.45) is 0 Å². The van der Waals surface area contributed by atoms with Gasteiger partial charge in [-0.25, -0.2) is 4.98 Å². The summed E-state index contributed by atoms with van der Waals surface area (Å²) < 4.78 is 5.81. The van der Waals surface area contributed by atoms with Crippen LogP contribution in [-0.2, 0) is 0 Å². The van der Waals surface area contributed by atoms with Gasteiger partial charge in [0.05, 0.1) is 12.8 Å². The van der Waals surface area contributed by atoms with Crippen LogP contribution in [-0.4, -0.2) is 85.5 Å². The summed E-state index contributed by atoms with van der Waals surface area (Å²) in [6.07, 6.45) is 4.98. The van der Waals surface area contributed by atoms with Crippen LogP contribution in [0.4, 0.5) is 28.8 Å². The first-order valence-corrected chi connectivity index (χ1v) is 15.0. The fourth-order valence-electron chi connectivity index (χ4n) is 5.96. The number of carbonyl (C=O) groups is 1. The van der Waals surface area contributed by atoms with Gasteiger partial charge < -0.3 is 25.2 Å². The second-order valence-corrected chi connectivity index (χ2v) is 11.3. The largest absolute Gasteiger partial charge is 0.494 e. The minimum absolute atomic E-state index is 0.438. The number of anilines is 5. The molecule has 43 heavy (non-hydrogen) atoms. The molecule has 6 rings (SSSR count). The lowest BCUT2D eigenvalue weighted by Crippen LogP contribution is -2.52. The van der Waals surface area contributed by atoms with E-state index >= 15 is 0 Å². The standard InChI is InChI=1S/C34H39N7O2/c1-39-17-19-41(20-18-39)28-13-15-40(16-14-28)29-11-12-31(32(22-29)43-2)37-34-35-23-30(26-8-6-7-25(21-26)24-42)33(38-34)36-27-9-4-3-5-10-27/h3-12,21-24,28H,13-20H2,1-2H3,(H2,35,36,37,38). The van der Waals surface area contributed by atoms with Crippen molar-refractivity contribution < 1.29 is 9.53 Å². The van der Waals surface area contributed by atoms with Gasteiger partial charge in [0, 0.05) is 80.1 Å². The number of carbonyl (C=O) groups excluding carboxylic acids is 1. The molecule has 0 radical (unpaired) electrons. The summed E-state index contributed by atoms with van der Waals surface area (Å²) in [7, 11) is 3.90. The molecule has 2 saturated heterocycles. The van der Waals surface area contributed by atoms with Crippen molar-refractivity contribution in [2.45, 2.75) is 18.9 Å². The lowest BCUT2D eigenvalue weighted by atomic mass is 10.0. The molecule has 0 bridgehead atoms. The molecule has 2 N–H and O–H groups in total. The van der Waals surface area contributed by atoms with E-state index in [1.807, 2.05) is 54.6 Å². The Morgan fingerprint density at radius 3 is 2.42 bits per heavy atom. The topological polar surface area (TPSA) is 85.9 Å². The molecule has 2 fully saturated rings. The van der Waals surface area contributed by atoms with Crippen LogP contribution in [0.3, 0.4) is 0 Å². The monoisotopic (exact) mass is 577 g/mol. The SMILES string of the molecule is COc1cc(N2CCC(N3CCN(C)CC3)CC2)ccc1Nc1ncc(-c2cccc(C=O)c2)c(Nc2ccccc2)n1. The van der Waals surface area contributed by atoms with Crippen molar-refractivity contribution in [3.63, 3.8) is 0 Å². The number of aldehydes is 1. The first-order valence-electron chi connectivity index (χ1n) is 15.0. The summed E-state index contributed by atoms with van der Waals surface area (Å²) >= 11 is 0. The van der Waals surface area contributed by atoms with Gasteiger partial charge in [-0.1, -0.05) is 36.4 Å². The molecule has 4 aromatic rings. The second-order valence-electron chi connectivity index (χ2n) is 11.3. The maximum Gasteiger partial charge on any atom is 0.229 e. The predicted octanol–water partition coefficient (Wildman–Crippen LogP) is 5.67. The van der Waals surface area contributed by atoms with E-state index < -0.39 is 0 Å². The van der Waals surface area contributed by atoms with E-state index in [1.54, 1.807) is 19.4 Å². The van der Waals surface area contributed by atoms with Crippen LogP contribution in [0, 0.1) is 0 Å². The summed E-state index contributed by atoms with van der Waals surface area (Å²) in [6, 6.07) is 24.3. The van der Waals surface area contributed by atoms with Crippen molar-refractivity contribution in [3.8, 4) is 16.9 Å². The van der Waals surface area contributed by atoms with Gasteiger partial charge >= 0.3 is 0 Å². The van der Waals surface area contributed by atoms with Gasteiger partial charge in [-0.3, -0.25) is 9.69 Å². The Morgan fingerprint density at radius 2 is 1.67 bits per heavy atom. The molecule has 0 atom stereocenters. The number of methoxy groups -OCH3 is 1. The van der Waals surface area contributed by atoms with Crippen molar-refractivity contribution in [2.75, 3.05) is 69.0 Å². The third kappa shape index (κ3) is 6.79. The summed E-state index contributed by atoms with van der Waals surface area (Å²) in [6.45, 7) is 6.75. The highest BCUT2D eigenvalue weighted by Crippen LogP contribution is 2.35. The molecule has 0 spiro atoms. The fraction of sp³-hybridized carbons (Fsp3) is 0.324. The predicted molar refractivity (Wildman–Crippen MR) is 173 cm³/mol. The Bertz CT molecular complexity index is 1530. The molecule has 3 heterocycles. The van der Waals surface area contributed by atoms with E-state index in [0.29, 0.717) is 23.4 Å². The van der Waals surface area contributed by atoms with E-state index in [4.69, 9.17) is 9.72 Å². The molecule has 9 heteroatoms. The average molecular weight is 578 g/mol. The molecule has 0 aliphatic carbocycles. The molecule has 2 aliphatic heterocycles. The van der Waals surface area contributed by atoms with Crippen LogP contribution in [0.2, 0.25) is 0 Å². The lowest BCUT2D eigenvalue weighted by Gasteiger charge is -2.42. The number of piperidine rings is 1. The Balaban J connectivity index is 1.20. The maximum absolute atomic E-state index is 11.4. The normalized spacial score (nSPS) is 16.6. The third-order valence-electron chi connectivity index (χ3n) is 8.47. The first kappa shape index (κ1) is 28.6. The van der Waals surface area contributed by atoms with Gasteiger partial charge in [0.15, 0.2) is 0 Å². The fourth-order valence-corrected chi connectivity index (χ4v) is 5.96. The molecule has 0 unspecified atom stereocenters. The van der Waals surface area contributed by atoms with E-state index in [1.165, 1.54) is 25.9 Å². The van der Waals surface area contributed by atoms with Crippen LogP contribution in [0.5, 0.6) is 5.75 Å². The van der Waals surface area contributed by atoms with Gasteiger partial charge in [0.2, 0.25) is 5.95 Å². The van der Waals surface area contributed by atoms with Crippen molar-refractivity contribution >= 4 is 35.1 Å². The Kier molecular flexibility index (Phi) is 8.81. The van der Waals surface area contributed by atoms with Gasteiger partial charge in [0.1, 0.15) is 17.9 Å². The van der Waals surface area contributed by atoms with Gasteiger partial charge in [-0.05, 0) is 55.8 Å². The molecule has 222 valence electrons. The summed E-state index contributed by atoms with van der Waals surface area (Å²) in [5.41, 5.74) is 5.10. The van der Waals surface area contributed by atoms with Crippen LogP contribution in [0.1, 0.15) is 23.2 Å². The van der Waals surface area contributed by atoms with E-state index in [-0.39, 0.29) is 0 Å². The van der Waals surface area contributed by atoms with E-state index in [2.05, 4.69) is 49.5 Å². The molecular formula is C34H39N7O2. The van der Waals surface area contributed by atoms with Crippen molar-refractivity contribution in [1.82, 2.24) is 19.8 Å². The van der Waals surface area contributed by atoms with Gasteiger partial charge in [-0.15, -0.1) is 0 Å². The number of hydrogen-bond donors (Lipinski definition) is 2. The zero-order valence-electron chi connectivity index (χ0n) is 24.9. The number of rotatable bonds is 9. The zero-order valence-corrected chi connectivity index (χ0v) is 24.9. The Morgan fingerprint density at radius 1 is 0.884 bits per heavy atom. The quantitative estimate of drug-likeness (QED) is 0.245. The number of hydrogen-bond acceptors (Lipinski definition) is 9. The average Bonchev–Trinajstić information content (AvgIpc) is 3.06.